The van der Waals surface area contributed by atoms with Crippen LogP contribution in [-0.4, -0.2) is 37.1 Å². The molecule has 0 atom stereocenters. The fraction of sp³-hybridized carbons (Fsp3) is 0.462. The summed E-state index contributed by atoms with van der Waals surface area (Å²) in [7, 11) is 1.70. The zero-order valence-corrected chi connectivity index (χ0v) is 12.0. The highest BCUT2D eigenvalue weighted by molar-refractivity contribution is 5.79. The second-order valence-corrected chi connectivity index (χ2v) is 4.50. The van der Waals surface area contributed by atoms with Crippen molar-refractivity contribution in [2.45, 2.75) is 19.9 Å². The second-order valence-electron chi connectivity index (χ2n) is 4.50. The Morgan fingerprint density at radius 3 is 2.65 bits per heavy atom. The number of nitrogens with zero attached hydrogens (tertiary/aromatic N) is 2. The van der Waals surface area contributed by atoms with Crippen LogP contribution in [-0.2, 0) is 0 Å². The molecule has 110 valence electrons. The van der Waals surface area contributed by atoms with Gasteiger partial charge in [-0.05, 0) is 19.9 Å². The first kappa shape index (κ1) is 15.7. The van der Waals surface area contributed by atoms with E-state index in [0.29, 0.717) is 30.8 Å². The van der Waals surface area contributed by atoms with Crippen molar-refractivity contribution in [1.29, 1.82) is 0 Å². The molecule has 0 saturated heterocycles. The molecular formula is C13H21N5O2. The van der Waals surface area contributed by atoms with E-state index in [1.54, 1.807) is 25.2 Å². The van der Waals surface area contributed by atoms with Crippen LogP contribution >= 0.6 is 0 Å². The van der Waals surface area contributed by atoms with Crippen molar-refractivity contribution in [3.8, 4) is 0 Å². The van der Waals surface area contributed by atoms with Crippen LogP contribution in [0.5, 0.6) is 0 Å². The van der Waals surface area contributed by atoms with Crippen molar-refractivity contribution in [3.05, 3.63) is 34.4 Å². The topological polar surface area (TPSA) is 91.6 Å². The number of hydrogen-bond acceptors (Lipinski definition) is 4. The quantitative estimate of drug-likeness (QED) is 0.242. The smallest absolute Gasteiger partial charge is 0.292 e. The number of anilines is 1. The zero-order valence-electron chi connectivity index (χ0n) is 12.0. The van der Waals surface area contributed by atoms with Crippen molar-refractivity contribution in [1.82, 2.24) is 10.6 Å². The van der Waals surface area contributed by atoms with Crippen LogP contribution in [0.2, 0.25) is 0 Å². The van der Waals surface area contributed by atoms with Crippen LogP contribution < -0.4 is 16.0 Å². The van der Waals surface area contributed by atoms with Crippen LogP contribution in [0.1, 0.15) is 13.8 Å². The van der Waals surface area contributed by atoms with E-state index in [9.17, 15) is 10.1 Å². The largest absolute Gasteiger partial charge is 0.378 e. The summed E-state index contributed by atoms with van der Waals surface area (Å²) < 4.78 is 0. The summed E-state index contributed by atoms with van der Waals surface area (Å²) in [5.74, 6) is 0.712. The predicted octanol–water partition coefficient (Wildman–Crippen LogP) is 1.58. The molecule has 0 saturated carbocycles. The van der Waals surface area contributed by atoms with Gasteiger partial charge in [-0.2, -0.15) is 0 Å². The van der Waals surface area contributed by atoms with E-state index in [0.717, 1.165) is 0 Å². The maximum Gasteiger partial charge on any atom is 0.292 e. The highest BCUT2D eigenvalue weighted by atomic mass is 16.6. The molecule has 0 amide bonds. The molecule has 1 aromatic rings. The van der Waals surface area contributed by atoms with Gasteiger partial charge in [0.15, 0.2) is 5.96 Å². The van der Waals surface area contributed by atoms with Crippen LogP contribution in [0.3, 0.4) is 0 Å². The maximum atomic E-state index is 10.9. The first-order chi connectivity index (χ1) is 9.54. The van der Waals surface area contributed by atoms with Gasteiger partial charge < -0.3 is 16.0 Å². The molecule has 0 aliphatic heterocycles. The van der Waals surface area contributed by atoms with E-state index in [1.165, 1.54) is 6.07 Å². The Morgan fingerprint density at radius 1 is 1.35 bits per heavy atom. The third kappa shape index (κ3) is 5.13. The zero-order chi connectivity index (χ0) is 15.0. The number of guanidine groups is 1. The molecule has 0 aliphatic rings. The predicted molar refractivity (Wildman–Crippen MR) is 81.2 cm³/mol. The normalized spacial score (nSPS) is 11.3. The van der Waals surface area contributed by atoms with Crippen LogP contribution in [0.15, 0.2) is 29.3 Å². The number of hydrogen-bond donors (Lipinski definition) is 3. The van der Waals surface area contributed by atoms with Gasteiger partial charge in [0.25, 0.3) is 5.69 Å². The van der Waals surface area contributed by atoms with E-state index in [4.69, 9.17) is 0 Å². The highest BCUT2D eigenvalue weighted by Gasteiger charge is 2.11. The molecular weight excluding hydrogens is 258 g/mol. The summed E-state index contributed by atoms with van der Waals surface area (Å²) in [6.45, 7) is 5.22. The molecule has 3 N–H and O–H groups in total. The monoisotopic (exact) mass is 279 g/mol. The van der Waals surface area contributed by atoms with Crippen molar-refractivity contribution in [2.24, 2.45) is 4.99 Å². The van der Waals surface area contributed by atoms with Crippen molar-refractivity contribution in [2.75, 3.05) is 25.5 Å². The standard InChI is InChI=1S/C13H21N5O2/c1-10(2)17-13(14-3)16-9-8-15-11-6-4-5-7-12(11)18(19)20/h4-7,10,15H,8-9H2,1-3H3,(H2,14,16,17). The molecule has 0 radical (unpaired) electrons. The highest BCUT2D eigenvalue weighted by Crippen LogP contribution is 2.22. The third-order valence-electron chi connectivity index (χ3n) is 2.48. The molecule has 0 bridgehead atoms. The van der Waals surface area contributed by atoms with E-state index >= 15 is 0 Å². The van der Waals surface area contributed by atoms with Crippen LogP contribution in [0.4, 0.5) is 11.4 Å². The van der Waals surface area contributed by atoms with Gasteiger partial charge in [0.05, 0.1) is 4.92 Å². The number of rotatable bonds is 6. The molecule has 0 aromatic heterocycles. The second kappa shape index (κ2) is 7.98. The lowest BCUT2D eigenvalue weighted by Gasteiger charge is -2.14. The number of nitrogens with one attached hydrogen (secondary N) is 3. The van der Waals surface area contributed by atoms with Crippen molar-refractivity contribution in [3.63, 3.8) is 0 Å². The molecule has 0 fully saturated rings. The Hall–Kier alpha value is -2.31. The lowest BCUT2D eigenvalue weighted by molar-refractivity contribution is -0.384. The SMILES string of the molecule is CN=C(NCCNc1ccccc1[N+](=O)[O-])NC(C)C. The minimum absolute atomic E-state index is 0.0807. The van der Waals surface area contributed by atoms with Crippen molar-refractivity contribution < 1.29 is 4.92 Å². The van der Waals surface area contributed by atoms with Crippen molar-refractivity contribution >= 4 is 17.3 Å². The number of benzene rings is 1. The number of aliphatic imine (C=N–C) groups is 1. The van der Waals surface area contributed by atoms with Gasteiger partial charge in [-0.1, -0.05) is 12.1 Å². The summed E-state index contributed by atoms with van der Waals surface area (Å²) >= 11 is 0. The molecule has 1 aromatic carbocycles. The number of nitro benzene ring substituents is 1. The van der Waals surface area contributed by atoms with Crippen LogP contribution in [0, 0.1) is 10.1 Å². The molecule has 20 heavy (non-hydrogen) atoms. The van der Waals surface area contributed by atoms with E-state index in [1.807, 2.05) is 13.8 Å². The Bertz CT molecular complexity index is 474. The lowest BCUT2D eigenvalue weighted by Crippen LogP contribution is -2.42. The van der Waals surface area contributed by atoms with E-state index in [-0.39, 0.29) is 5.69 Å². The lowest BCUT2D eigenvalue weighted by atomic mass is 10.2. The van der Waals surface area contributed by atoms with Gasteiger partial charge in [-0.25, -0.2) is 0 Å². The fourth-order valence-corrected chi connectivity index (χ4v) is 1.63. The first-order valence-corrected chi connectivity index (χ1v) is 6.49. The summed E-state index contributed by atoms with van der Waals surface area (Å²) in [5, 5.41) is 20.2. The molecule has 7 heteroatoms. The summed E-state index contributed by atoms with van der Waals surface area (Å²) in [6.07, 6.45) is 0. The van der Waals surface area contributed by atoms with E-state index in [2.05, 4.69) is 20.9 Å². The number of nitro groups is 1. The Balaban J connectivity index is 2.43. The van der Waals surface area contributed by atoms with Gasteiger partial charge in [0.2, 0.25) is 0 Å². The van der Waals surface area contributed by atoms with Crippen LogP contribution in [0.25, 0.3) is 0 Å². The van der Waals surface area contributed by atoms with E-state index < -0.39 is 4.92 Å². The minimum atomic E-state index is -0.394. The van der Waals surface area contributed by atoms with Gasteiger partial charge in [-0.3, -0.25) is 15.1 Å². The summed E-state index contributed by atoms with van der Waals surface area (Å²) in [5.41, 5.74) is 0.600. The Morgan fingerprint density at radius 2 is 2.05 bits per heavy atom. The average molecular weight is 279 g/mol. The van der Waals surface area contributed by atoms with Gasteiger partial charge >= 0.3 is 0 Å². The van der Waals surface area contributed by atoms with Gasteiger partial charge in [0.1, 0.15) is 5.69 Å². The minimum Gasteiger partial charge on any atom is -0.378 e. The molecule has 7 nitrogen and oxygen atoms in total. The Labute approximate surface area is 118 Å². The molecule has 0 spiro atoms. The molecule has 1 rings (SSSR count). The fourth-order valence-electron chi connectivity index (χ4n) is 1.63. The van der Waals surface area contributed by atoms with Gasteiger partial charge in [-0.15, -0.1) is 0 Å². The molecule has 0 heterocycles. The summed E-state index contributed by atoms with van der Waals surface area (Å²) in [6, 6.07) is 6.89. The van der Waals surface area contributed by atoms with Gasteiger partial charge in [0, 0.05) is 32.2 Å². The maximum absolute atomic E-state index is 10.9. The molecule has 0 unspecified atom stereocenters. The first-order valence-electron chi connectivity index (χ1n) is 6.49. The number of para-hydroxylation sites is 2. The molecule has 0 aliphatic carbocycles. The third-order valence-corrected chi connectivity index (χ3v) is 2.48. The summed E-state index contributed by atoms with van der Waals surface area (Å²) in [4.78, 5) is 14.5. The average Bonchev–Trinajstić information content (AvgIpc) is 2.42. The Kier molecular flexibility index (Phi) is 6.28.